The monoisotopic (exact) mass is 270 g/mol. The molecule has 2 rings (SSSR count). The number of carbonyl (C=O) groups is 1. The molecule has 0 spiro atoms. The Labute approximate surface area is 108 Å². The van der Waals surface area contributed by atoms with E-state index in [0.29, 0.717) is 18.0 Å². The van der Waals surface area contributed by atoms with Gasteiger partial charge in [-0.05, 0) is 6.92 Å². The number of rotatable bonds is 2. The number of morpholine rings is 1. The summed E-state index contributed by atoms with van der Waals surface area (Å²) in [5.74, 6) is -0.118. The van der Waals surface area contributed by atoms with E-state index in [0.717, 1.165) is 5.01 Å². The number of ether oxygens (including phenoxy) is 1. The fourth-order valence-corrected chi connectivity index (χ4v) is 2.44. The van der Waals surface area contributed by atoms with Crippen LogP contribution in [0, 0.1) is 6.92 Å². The number of hydrogen-bond acceptors (Lipinski definition) is 6. The van der Waals surface area contributed by atoms with E-state index in [1.54, 1.807) is 11.1 Å². The molecule has 98 valence electrons. The molecule has 1 aromatic heterocycles. The van der Waals surface area contributed by atoms with Gasteiger partial charge < -0.3 is 20.6 Å². The van der Waals surface area contributed by atoms with Crippen molar-refractivity contribution in [3.8, 4) is 0 Å². The minimum absolute atomic E-state index is 0.0204. The van der Waals surface area contributed by atoms with Gasteiger partial charge in [-0.2, -0.15) is 0 Å². The van der Waals surface area contributed by atoms with E-state index >= 15 is 0 Å². The Hall–Kier alpha value is -1.67. The molecule has 0 radical (unpaired) electrons. The average Bonchev–Trinajstić information content (AvgIpc) is 2.83. The predicted octanol–water partition coefficient (Wildman–Crippen LogP) is 0.0389. The van der Waals surface area contributed by atoms with Gasteiger partial charge in [0.25, 0.3) is 5.91 Å². The van der Waals surface area contributed by atoms with Crippen molar-refractivity contribution in [2.24, 2.45) is 10.9 Å². The SMILES string of the molecule is Cc1ncc(C(=O)N2CCOC(/C(N)=N/O)C2)s1. The highest BCUT2D eigenvalue weighted by Gasteiger charge is 2.28. The van der Waals surface area contributed by atoms with Crippen LogP contribution < -0.4 is 5.73 Å². The number of nitrogens with zero attached hydrogens (tertiary/aromatic N) is 3. The van der Waals surface area contributed by atoms with Crippen LogP contribution in [0.5, 0.6) is 0 Å². The van der Waals surface area contributed by atoms with Gasteiger partial charge in [-0.25, -0.2) is 4.98 Å². The van der Waals surface area contributed by atoms with Crippen molar-refractivity contribution in [1.82, 2.24) is 9.88 Å². The molecule has 7 nitrogen and oxygen atoms in total. The van der Waals surface area contributed by atoms with Crippen molar-refractivity contribution < 1.29 is 14.7 Å². The molecule has 1 unspecified atom stereocenters. The largest absolute Gasteiger partial charge is 0.409 e. The van der Waals surface area contributed by atoms with E-state index in [1.807, 2.05) is 6.92 Å². The third-order valence-electron chi connectivity index (χ3n) is 2.63. The van der Waals surface area contributed by atoms with Crippen LogP contribution in [-0.4, -0.2) is 52.6 Å². The lowest BCUT2D eigenvalue weighted by Crippen LogP contribution is -2.50. The quantitative estimate of drug-likeness (QED) is 0.342. The topological polar surface area (TPSA) is 101 Å². The zero-order valence-corrected chi connectivity index (χ0v) is 10.7. The molecule has 1 saturated heterocycles. The molecule has 1 fully saturated rings. The molecule has 1 aliphatic heterocycles. The fourth-order valence-electron chi connectivity index (χ4n) is 1.69. The minimum atomic E-state index is -0.554. The van der Waals surface area contributed by atoms with Crippen molar-refractivity contribution in [1.29, 1.82) is 0 Å². The van der Waals surface area contributed by atoms with Gasteiger partial charge in [0, 0.05) is 6.54 Å². The summed E-state index contributed by atoms with van der Waals surface area (Å²) in [5.41, 5.74) is 5.48. The second-order valence-corrected chi connectivity index (χ2v) is 5.11. The number of hydrogen-bond donors (Lipinski definition) is 2. The molecule has 0 saturated carbocycles. The Morgan fingerprint density at radius 3 is 3.17 bits per heavy atom. The maximum atomic E-state index is 12.2. The van der Waals surface area contributed by atoms with Gasteiger partial charge >= 0.3 is 0 Å². The van der Waals surface area contributed by atoms with Crippen LogP contribution in [0.1, 0.15) is 14.7 Å². The van der Waals surface area contributed by atoms with Crippen LogP contribution in [0.25, 0.3) is 0 Å². The highest BCUT2D eigenvalue weighted by molar-refractivity contribution is 7.13. The number of aromatic nitrogens is 1. The average molecular weight is 270 g/mol. The van der Waals surface area contributed by atoms with Crippen LogP contribution in [0.4, 0.5) is 0 Å². The van der Waals surface area contributed by atoms with E-state index in [4.69, 9.17) is 15.7 Å². The lowest BCUT2D eigenvalue weighted by molar-refractivity contribution is 0.00698. The van der Waals surface area contributed by atoms with Crippen molar-refractivity contribution in [2.45, 2.75) is 13.0 Å². The Bertz CT molecular complexity index is 473. The number of nitrogens with two attached hydrogens (primary N) is 1. The zero-order valence-electron chi connectivity index (χ0n) is 9.87. The lowest BCUT2D eigenvalue weighted by atomic mass is 10.2. The Balaban J connectivity index is 2.07. The normalized spacial score (nSPS) is 21.1. The third kappa shape index (κ3) is 2.59. The van der Waals surface area contributed by atoms with Crippen LogP contribution in [0.3, 0.4) is 0 Å². The number of oxime groups is 1. The minimum Gasteiger partial charge on any atom is -0.409 e. The maximum Gasteiger partial charge on any atom is 0.265 e. The van der Waals surface area contributed by atoms with Crippen LogP contribution >= 0.6 is 11.3 Å². The van der Waals surface area contributed by atoms with Gasteiger partial charge in [-0.3, -0.25) is 4.79 Å². The highest BCUT2D eigenvalue weighted by atomic mass is 32.1. The number of aryl methyl sites for hydroxylation is 1. The van der Waals surface area contributed by atoms with Crippen LogP contribution in [-0.2, 0) is 4.74 Å². The van der Waals surface area contributed by atoms with E-state index in [-0.39, 0.29) is 18.3 Å². The van der Waals surface area contributed by atoms with Gasteiger partial charge in [-0.15, -0.1) is 11.3 Å². The van der Waals surface area contributed by atoms with Gasteiger partial charge in [0.2, 0.25) is 0 Å². The summed E-state index contributed by atoms with van der Waals surface area (Å²) in [5, 5.41) is 12.4. The van der Waals surface area contributed by atoms with Gasteiger partial charge in [0.05, 0.1) is 24.4 Å². The first-order valence-electron chi connectivity index (χ1n) is 5.42. The number of thiazole rings is 1. The Morgan fingerprint density at radius 1 is 1.78 bits per heavy atom. The zero-order chi connectivity index (χ0) is 13.1. The first kappa shape index (κ1) is 12.8. The Morgan fingerprint density at radius 2 is 2.56 bits per heavy atom. The fraction of sp³-hybridized carbons (Fsp3) is 0.500. The van der Waals surface area contributed by atoms with Crippen molar-refractivity contribution in [2.75, 3.05) is 19.7 Å². The lowest BCUT2D eigenvalue weighted by Gasteiger charge is -2.31. The van der Waals surface area contributed by atoms with Crippen molar-refractivity contribution in [3.63, 3.8) is 0 Å². The Kier molecular flexibility index (Phi) is 3.78. The van der Waals surface area contributed by atoms with Gasteiger partial charge in [0.15, 0.2) is 5.84 Å². The summed E-state index contributed by atoms with van der Waals surface area (Å²) in [7, 11) is 0. The molecule has 0 bridgehead atoms. The molecule has 1 aliphatic rings. The molecule has 1 atom stereocenters. The second-order valence-electron chi connectivity index (χ2n) is 3.88. The summed E-state index contributed by atoms with van der Waals surface area (Å²) in [4.78, 5) is 18.4. The summed E-state index contributed by atoms with van der Waals surface area (Å²) < 4.78 is 5.33. The van der Waals surface area contributed by atoms with E-state index in [9.17, 15) is 4.79 Å². The molecule has 1 amide bonds. The molecular weight excluding hydrogens is 256 g/mol. The van der Waals surface area contributed by atoms with E-state index in [1.165, 1.54) is 11.3 Å². The molecule has 1 aromatic rings. The first-order valence-corrected chi connectivity index (χ1v) is 6.24. The molecule has 8 heteroatoms. The molecule has 3 N–H and O–H groups in total. The standard InChI is InChI=1S/C10H14N4O3S/c1-6-12-4-8(18-6)10(15)14-2-3-17-7(5-14)9(11)13-16/h4,7,16H,2-3,5H2,1H3,(H2,11,13). The van der Waals surface area contributed by atoms with Crippen molar-refractivity contribution >= 4 is 23.1 Å². The number of carbonyl (C=O) groups excluding carboxylic acids is 1. The van der Waals surface area contributed by atoms with E-state index in [2.05, 4.69) is 10.1 Å². The highest BCUT2D eigenvalue weighted by Crippen LogP contribution is 2.16. The smallest absolute Gasteiger partial charge is 0.265 e. The molecule has 0 aliphatic carbocycles. The second kappa shape index (κ2) is 5.32. The van der Waals surface area contributed by atoms with Gasteiger partial charge in [0.1, 0.15) is 11.0 Å². The summed E-state index contributed by atoms with van der Waals surface area (Å²) in [6.07, 6.45) is 1.01. The molecule has 2 heterocycles. The molecular formula is C10H14N4O3S. The van der Waals surface area contributed by atoms with Gasteiger partial charge in [-0.1, -0.05) is 5.16 Å². The summed E-state index contributed by atoms with van der Waals surface area (Å²) >= 11 is 1.35. The number of amidine groups is 1. The third-order valence-corrected chi connectivity index (χ3v) is 3.53. The summed E-state index contributed by atoms with van der Waals surface area (Å²) in [6, 6.07) is 0. The maximum absolute atomic E-state index is 12.2. The van der Waals surface area contributed by atoms with E-state index < -0.39 is 6.10 Å². The molecule has 18 heavy (non-hydrogen) atoms. The summed E-state index contributed by atoms with van der Waals surface area (Å²) in [6.45, 7) is 2.99. The van der Waals surface area contributed by atoms with Crippen LogP contribution in [0.15, 0.2) is 11.4 Å². The number of amides is 1. The first-order chi connectivity index (χ1) is 8.61. The molecule has 0 aromatic carbocycles. The van der Waals surface area contributed by atoms with Crippen molar-refractivity contribution in [3.05, 3.63) is 16.1 Å². The predicted molar refractivity (Wildman–Crippen MR) is 65.9 cm³/mol. The van der Waals surface area contributed by atoms with Crippen LogP contribution in [0.2, 0.25) is 0 Å².